The van der Waals surface area contributed by atoms with Crippen molar-refractivity contribution in [1.29, 1.82) is 0 Å². The van der Waals surface area contributed by atoms with Crippen LogP contribution in [-0.4, -0.2) is 26.2 Å². The third-order valence-electron chi connectivity index (χ3n) is 11.1. The highest BCUT2D eigenvalue weighted by molar-refractivity contribution is 5.82. The summed E-state index contributed by atoms with van der Waals surface area (Å²) in [6.07, 6.45) is 18.0. The minimum absolute atomic E-state index is 0.998. The first-order valence-electron chi connectivity index (χ1n) is 20.4. The number of fused-ring (bicyclic) bond motifs is 1. The van der Waals surface area contributed by atoms with Crippen molar-refractivity contribution in [3.63, 3.8) is 0 Å². The normalized spacial score (nSPS) is 13.3. The molecule has 0 bridgehead atoms. The van der Waals surface area contributed by atoms with Gasteiger partial charge in [0.2, 0.25) is 0 Å². The highest BCUT2D eigenvalue weighted by atomic mass is 15.1. The van der Waals surface area contributed by atoms with Gasteiger partial charge in [0.25, 0.3) is 0 Å². The molecule has 6 rings (SSSR count). The SMILES string of the molecule is CCN(CC)c1ccccc1C(C)=CC=Cc1ccc(N(c2ccc(C=CC=C(C)c3ccccc3N(CC)CC)cc2)c2cccc3c2CCCC3)cc1. The van der Waals surface area contributed by atoms with E-state index in [-0.39, 0.29) is 0 Å². The van der Waals surface area contributed by atoms with Crippen molar-refractivity contribution < 1.29 is 0 Å². The fraction of sp³-hybridized carbons (Fsp3) is 0.269. The molecule has 0 saturated carbocycles. The maximum Gasteiger partial charge on any atom is 0.0496 e. The molecule has 0 heterocycles. The van der Waals surface area contributed by atoms with Crippen molar-refractivity contribution in [3.8, 4) is 0 Å². The number of benzene rings is 5. The largest absolute Gasteiger partial charge is 0.372 e. The van der Waals surface area contributed by atoms with Gasteiger partial charge in [0.05, 0.1) is 0 Å². The summed E-state index contributed by atoms with van der Waals surface area (Å²) in [5.41, 5.74) is 16.7. The standard InChI is InChI=1S/C52H59N3/c1-7-53(8-2)50-29-15-13-26-47(50)40(5)20-17-22-42-32-36-45(37-33-42)55(52-31-19-25-44-24-11-12-28-49(44)52)46-38-34-43(35-39-46)23-18-21-41(6)48-27-14-16-30-51(48)54(9-3)10-4/h13-23,25-27,29-39H,7-12,24,28H2,1-6H3. The molecule has 0 aromatic heterocycles. The molecule has 0 saturated heterocycles. The smallest absolute Gasteiger partial charge is 0.0496 e. The van der Waals surface area contributed by atoms with Gasteiger partial charge in [-0.3, -0.25) is 0 Å². The lowest BCUT2D eigenvalue weighted by Crippen LogP contribution is -2.22. The summed E-state index contributed by atoms with van der Waals surface area (Å²) in [7, 11) is 0. The molecule has 1 aliphatic rings. The third kappa shape index (κ3) is 9.41. The van der Waals surface area contributed by atoms with E-state index in [0.717, 1.165) is 39.0 Å². The molecular weight excluding hydrogens is 667 g/mol. The number of hydrogen-bond donors (Lipinski definition) is 0. The summed E-state index contributed by atoms with van der Waals surface area (Å²) >= 11 is 0. The summed E-state index contributed by atoms with van der Waals surface area (Å²) in [6, 6.07) is 42.4. The minimum atomic E-state index is 0.998. The van der Waals surface area contributed by atoms with Crippen LogP contribution in [0.5, 0.6) is 0 Å². The second-order valence-electron chi connectivity index (χ2n) is 14.4. The zero-order valence-corrected chi connectivity index (χ0v) is 33.9. The number of nitrogens with zero attached hydrogens (tertiary/aromatic N) is 3. The van der Waals surface area contributed by atoms with Crippen molar-refractivity contribution in [2.45, 2.75) is 67.2 Å². The zero-order valence-electron chi connectivity index (χ0n) is 33.9. The maximum atomic E-state index is 2.45. The van der Waals surface area contributed by atoms with Crippen LogP contribution < -0.4 is 14.7 Å². The van der Waals surface area contributed by atoms with Crippen molar-refractivity contribution in [1.82, 2.24) is 0 Å². The Labute approximate surface area is 331 Å². The van der Waals surface area contributed by atoms with E-state index in [1.54, 1.807) is 0 Å². The molecular formula is C52H59N3. The number of aryl methyl sites for hydroxylation is 1. The molecule has 0 fully saturated rings. The molecule has 5 aromatic rings. The fourth-order valence-electron chi connectivity index (χ4n) is 7.95. The molecule has 0 amide bonds. The molecule has 0 unspecified atom stereocenters. The van der Waals surface area contributed by atoms with E-state index in [1.165, 1.54) is 85.8 Å². The molecule has 0 atom stereocenters. The first-order valence-corrected chi connectivity index (χ1v) is 20.4. The number of para-hydroxylation sites is 2. The van der Waals surface area contributed by atoms with Crippen molar-refractivity contribution >= 4 is 51.7 Å². The molecule has 3 nitrogen and oxygen atoms in total. The summed E-state index contributed by atoms with van der Waals surface area (Å²) in [5, 5.41) is 0. The Morgan fingerprint density at radius 3 is 1.40 bits per heavy atom. The Kier molecular flexibility index (Phi) is 13.6. The molecule has 282 valence electrons. The van der Waals surface area contributed by atoms with Crippen LogP contribution in [0.15, 0.2) is 140 Å². The van der Waals surface area contributed by atoms with Gasteiger partial charge >= 0.3 is 0 Å². The highest BCUT2D eigenvalue weighted by Gasteiger charge is 2.20. The molecule has 3 heteroatoms. The number of rotatable bonds is 15. The predicted octanol–water partition coefficient (Wildman–Crippen LogP) is 14.0. The van der Waals surface area contributed by atoms with E-state index < -0.39 is 0 Å². The monoisotopic (exact) mass is 725 g/mol. The van der Waals surface area contributed by atoms with Crippen LogP contribution in [0.1, 0.15) is 87.8 Å². The summed E-state index contributed by atoms with van der Waals surface area (Å²) in [4.78, 5) is 7.29. The Morgan fingerprint density at radius 1 is 0.491 bits per heavy atom. The van der Waals surface area contributed by atoms with Gasteiger partial charge in [0.15, 0.2) is 0 Å². The minimum Gasteiger partial charge on any atom is -0.372 e. The quantitative estimate of drug-likeness (QED) is 0.0995. The van der Waals surface area contributed by atoms with Gasteiger partial charge in [0.1, 0.15) is 0 Å². The maximum absolute atomic E-state index is 2.45. The van der Waals surface area contributed by atoms with E-state index in [9.17, 15) is 0 Å². The lowest BCUT2D eigenvalue weighted by molar-refractivity contribution is 0.686. The Balaban J connectivity index is 1.25. The average molecular weight is 726 g/mol. The lowest BCUT2D eigenvalue weighted by atomic mass is 9.90. The topological polar surface area (TPSA) is 9.72 Å². The van der Waals surface area contributed by atoms with E-state index in [4.69, 9.17) is 0 Å². The van der Waals surface area contributed by atoms with Crippen molar-refractivity contribution in [2.24, 2.45) is 0 Å². The van der Waals surface area contributed by atoms with Gasteiger partial charge in [-0.15, -0.1) is 0 Å². The Bertz CT molecular complexity index is 2000. The van der Waals surface area contributed by atoms with Gasteiger partial charge in [-0.2, -0.15) is 0 Å². The third-order valence-corrected chi connectivity index (χ3v) is 11.1. The number of anilines is 5. The van der Waals surface area contributed by atoms with Crippen LogP contribution in [0.4, 0.5) is 28.4 Å². The average Bonchev–Trinajstić information content (AvgIpc) is 3.23. The molecule has 1 aliphatic carbocycles. The van der Waals surface area contributed by atoms with Gasteiger partial charge in [0, 0.05) is 65.7 Å². The van der Waals surface area contributed by atoms with Crippen LogP contribution in [0.25, 0.3) is 23.3 Å². The van der Waals surface area contributed by atoms with Crippen molar-refractivity contribution in [2.75, 3.05) is 40.9 Å². The van der Waals surface area contributed by atoms with Gasteiger partial charge in [-0.1, -0.05) is 109 Å². The second-order valence-corrected chi connectivity index (χ2v) is 14.4. The first kappa shape index (κ1) is 39.2. The van der Waals surface area contributed by atoms with Crippen LogP contribution in [0.3, 0.4) is 0 Å². The first-order chi connectivity index (χ1) is 26.9. The van der Waals surface area contributed by atoms with Gasteiger partial charge in [-0.05, 0) is 143 Å². The van der Waals surface area contributed by atoms with Crippen molar-refractivity contribution in [3.05, 3.63) is 173 Å². The summed E-state index contributed by atoms with van der Waals surface area (Å²) in [6.45, 7) is 17.3. The number of allylic oxidation sites excluding steroid dienone is 6. The highest BCUT2D eigenvalue weighted by Crippen LogP contribution is 2.40. The Hall–Kier alpha value is -5.54. The zero-order chi connectivity index (χ0) is 38.6. The fourth-order valence-corrected chi connectivity index (χ4v) is 7.95. The van der Waals surface area contributed by atoms with Gasteiger partial charge < -0.3 is 14.7 Å². The summed E-state index contributed by atoms with van der Waals surface area (Å²) in [5.74, 6) is 0. The Morgan fingerprint density at radius 2 is 0.927 bits per heavy atom. The lowest BCUT2D eigenvalue weighted by Gasteiger charge is -2.30. The summed E-state index contributed by atoms with van der Waals surface area (Å²) < 4.78 is 0. The van der Waals surface area contributed by atoms with Crippen LogP contribution in [0.2, 0.25) is 0 Å². The van der Waals surface area contributed by atoms with E-state index in [1.807, 2.05) is 0 Å². The predicted molar refractivity (Wildman–Crippen MR) is 243 cm³/mol. The molecule has 5 aromatic carbocycles. The molecule has 0 aliphatic heterocycles. The van der Waals surface area contributed by atoms with Gasteiger partial charge in [-0.25, -0.2) is 0 Å². The second kappa shape index (κ2) is 19.2. The molecule has 0 N–H and O–H groups in total. The van der Waals surface area contributed by atoms with Crippen LogP contribution in [-0.2, 0) is 12.8 Å². The molecule has 0 spiro atoms. The number of hydrogen-bond acceptors (Lipinski definition) is 3. The molecule has 55 heavy (non-hydrogen) atoms. The van der Waals surface area contributed by atoms with Crippen LogP contribution in [0, 0.1) is 0 Å². The van der Waals surface area contributed by atoms with Crippen LogP contribution >= 0.6 is 0 Å². The van der Waals surface area contributed by atoms with E-state index >= 15 is 0 Å². The van der Waals surface area contributed by atoms with E-state index in [0.29, 0.717) is 0 Å². The van der Waals surface area contributed by atoms with E-state index in [2.05, 4.69) is 208 Å². The molecule has 0 radical (unpaired) electrons.